The summed E-state index contributed by atoms with van der Waals surface area (Å²) < 4.78 is 1.30. The van der Waals surface area contributed by atoms with Crippen LogP contribution in [0.5, 0.6) is 0 Å². The lowest BCUT2D eigenvalue weighted by Crippen LogP contribution is -2.38. The smallest absolute Gasteiger partial charge is 0.0314 e. The third kappa shape index (κ3) is 4.87. The summed E-state index contributed by atoms with van der Waals surface area (Å²) in [6.45, 7) is 3.42. The maximum absolute atomic E-state index is 3.82. The topological polar surface area (TPSA) is 12.0 Å². The van der Waals surface area contributed by atoms with Gasteiger partial charge in [0.1, 0.15) is 0 Å². The molecule has 0 saturated heterocycles. The van der Waals surface area contributed by atoms with Gasteiger partial charge in [-0.1, -0.05) is 32.6 Å². The van der Waals surface area contributed by atoms with Crippen LogP contribution in [0.15, 0.2) is 15.9 Å². The minimum Gasteiger partial charge on any atom is -0.313 e. The highest BCUT2D eigenvalue weighted by molar-refractivity contribution is 9.10. The van der Waals surface area contributed by atoms with Crippen molar-refractivity contribution in [3.63, 3.8) is 0 Å². The standard InChI is InChI=1S/C16H26BrNS/c1-2-10-18-15(12-16-14(17)9-11-19-16)13-7-5-3-4-6-8-13/h9,11,13,15,18H,2-8,10,12H2,1H3. The highest BCUT2D eigenvalue weighted by atomic mass is 79.9. The van der Waals surface area contributed by atoms with Gasteiger partial charge >= 0.3 is 0 Å². The van der Waals surface area contributed by atoms with Crippen molar-refractivity contribution in [1.29, 1.82) is 0 Å². The number of hydrogen-bond acceptors (Lipinski definition) is 2. The maximum Gasteiger partial charge on any atom is 0.0314 e. The van der Waals surface area contributed by atoms with Crippen LogP contribution in [0, 0.1) is 5.92 Å². The van der Waals surface area contributed by atoms with E-state index in [1.54, 1.807) is 0 Å². The largest absolute Gasteiger partial charge is 0.313 e. The van der Waals surface area contributed by atoms with Crippen molar-refractivity contribution in [3.05, 3.63) is 20.8 Å². The van der Waals surface area contributed by atoms with Gasteiger partial charge < -0.3 is 5.32 Å². The summed E-state index contributed by atoms with van der Waals surface area (Å²) in [6, 6.07) is 2.86. The molecule has 0 spiro atoms. The van der Waals surface area contributed by atoms with Crippen LogP contribution >= 0.6 is 27.3 Å². The van der Waals surface area contributed by atoms with Crippen molar-refractivity contribution in [1.82, 2.24) is 5.32 Å². The van der Waals surface area contributed by atoms with Crippen molar-refractivity contribution in [2.45, 2.75) is 64.3 Å². The minimum absolute atomic E-state index is 0.674. The third-order valence-electron chi connectivity index (χ3n) is 4.22. The highest BCUT2D eigenvalue weighted by Gasteiger charge is 2.23. The monoisotopic (exact) mass is 343 g/mol. The first kappa shape index (κ1) is 15.5. The van der Waals surface area contributed by atoms with E-state index >= 15 is 0 Å². The Morgan fingerprint density at radius 1 is 1.32 bits per heavy atom. The number of thiophene rings is 1. The van der Waals surface area contributed by atoms with Gasteiger partial charge in [-0.25, -0.2) is 0 Å². The average molecular weight is 344 g/mol. The van der Waals surface area contributed by atoms with Crippen LogP contribution < -0.4 is 5.32 Å². The molecule has 1 aliphatic rings. The second-order valence-electron chi connectivity index (χ2n) is 5.71. The summed E-state index contributed by atoms with van der Waals surface area (Å²) in [5, 5.41) is 6.02. The molecular formula is C16H26BrNS. The molecule has 1 fully saturated rings. The molecule has 19 heavy (non-hydrogen) atoms. The summed E-state index contributed by atoms with van der Waals surface area (Å²) >= 11 is 5.58. The minimum atomic E-state index is 0.674. The summed E-state index contributed by atoms with van der Waals surface area (Å²) in [5.41, 5.74) is 0. The number of hydrogen-bond donors (Lipinski definition) is 1. The molecule has 1 N–H and O–H groups in total. The van der Waals surface area contributed by atoms with Crippen molar-refractivity contribution in [3.8, 4) is 0 Å². The molecule has 2 rings (SSSR count). The van der Waals surface area contributed by atoms with Gasteiger partial charge in [0.05, 0.1) is 0 Å². The summed E-state index contributed by atoms with van der Waals surface area (Å²) in [6.07, 6.45) is 11.0. The Morgan fingerprint density at radius 3 is 2.63 bits per heavy atom. The van der Waals surface area contributed by atoms with E-state index in [-0.39, 0.29) is 0 Å². The Bertz CT molecular complexity index is 355. The molecule has 1 unspecified atom stereocenters. The molecule has 1 heterocycles. The molecule has 1 nitrogen and oxygen atoms in total. The van der Waals surface area contributed by atoms with Crippen LogP contribution in [-0.4, -0.2) is 12.6 Å². The molecule has 1 saturated carbocycles. The Labute approximate surface area is 130 Å². The van der Waals surface area contributed by atoms with Crippen LogP contribution in [0.4, 0.5) is 0 Å². The second kappa shape index (κ2) is 8.43. The van der Waals surface area contributed by atoms with E-state index in [1.165, 1.54) is 60.7 Å². The molecule has 3 heteroatoms. The third-order valence-corrected chi connectivity index (χ3v) is 6.17. The number of halogens is 1. The first-order valence-corrected chi connectivity index (χ1v) is 9.43. The van der Waals surface area contributed by atoms with Crippen molar-refractivity contribution in [2.75, 3.05) is 6.54 Å². The first-order valence-electron chi connectivity index (χ1n) is 7.76. The van der Waals surface area contributed by atoms with Gasteiger partial charge in [-0.3, -0.25) is 0 Å². The zero-order valence-corrected chi connectivity index (χ0v) is 14.4. The van der Waals surface area contributed by atoms with E-state index in [0.29, 0.717) is 6.04 Å². The van der Waals surface area contributed by atoms with Gasteiger partial charge in [-0.2, -0.15) is 0 Å². The molecule has 0 amide bonds. The predicted octanol–water partition coefficient (Wildman–Crippen LogP) is 5.39. The van der Waals surface area contributed by atoms with Gasteiger partial charge in [-0.15, -0.1) is 11.3 Å². The van der Waals surface area contributed by atoms with Gasteiger partial charge in [0.15, 0.2) is 0 Å². The molecule has 1 aromatic rings. The second-order valence-corrected chi connectivity index (χ2v) is 7.56. The zero-order valence-electron chi connectivity index (χ0n) is 12.0. The van der Waals surface area contributed by atoms with Crippen molar-refractivity contribution in [2.24, 2.45) is 5.92 Å². The lowest BCUT2D eigenvalue weighted by Gasteiger charge is -2.27. The lowest BCUT2D eigenvalue weighted by atomic mass is 9.89. The number of rotatable bonds is 6. The van der Waals surface area contributed by atoms with Crippen LogP contribution in [0.1, 0.15) is 56.7 Å². The summed E-state index contributed by atoms with van der Waals surface area (Å²) in [7, 11) is 0. The molecule has 0 aliphatic heterocycles. The average Bonchev–Trinajstić information content (AvgIpc) is 2.68. The fourth-order valence-corrected chi connectivity index (χ4v) is 4.69. The quantitative estimate of drug-likeness (QED) is 0.682. The Kier molecular flexibility index (Phi) is 6.89. The van der Waals surface area contributed by atoms with E-state index < -0.39 is 0 Å². The van der Waals surface area contributed by atoms with Crippen molar-refractivity contribution < 1.29 is 0 Å². The molecule has 108 valence electrons. The van der Waals surface area contributed by atoms with E-state index in [1.807, 2.05) is 11.3 Å². The molecule has 0 bridgehead atoms. The first-order chi connectivity index (χ1) is 9.31. The SMILES string of the molecule is CCCNC(Cc1sccc1Br)C1CCCCCC1. The van der Waals surface area contributed by atoms with E-state index in [0.717, 1.165) is 12.5 Å². The lowest BCUT2D eigenvalue weighted by molar-refractivity contribution is 0.318. The maximum atomic E-state index is 3.82. The van der Waals surface area contributed by atoms with E-state index in [4.69, 9.17) is 0 Å². The van der Waals surface area contributed by atoms with Crippen LogP contribution in [0.25, 0.3) is 0 Å². The van der Waals surface area contributed by atoms with Crippen LogP contribution in [-0.2, 0) is 6.42 Å². The van der Waals surface area contributed by atoms with Crippen molar-refractivity contribution >= 4 is 27.3 Å². The predicted molar refractivity (Wildman–Crippen MR) is 89.0 cm³/mol. The fraction of sp³-hybridized carbons (Fsp3) is 0.750. The molecule has 1 aliphatic carbocycles. The van der Waals surface area contributed by atoms with E-state index in [9.17, 15) is 0 Å². The molecule has 1 aromatic heterocycles. The Morgan fingerprint density at radius 2 is 2.05 bits per heavy atom. The summed E-state index contributed by atoms with van der Waals surface area (Å²) in [5.74, 6) is 0.878. The zero-order chi connectivity index (χ0) is 13.5. The molecule has 1 atom stereocenters. The van der Waals surface area contributed by atoms with Crippen LogP contribution in [0.3, 0.4) is 0 Å². The molecular weight excluding hydrogens is 318 g/mol. The van der Waals surface area contributed by atoms with Gasteiger partial charge in [0, 0.05) is 15.4 Å². The van der Waals surface area contributed by atoms with Gasteiger partial charge in [0.2, 0.25) is 0 Å². The molecule has 0 aromatic carbocycles. The summed E-state index contributed by atoms with van der Waals surface area (Å²) in [4.78, 5) is 1.51. The Hall–Kier alpha value is 0.140. The molecule has 0 radical (unpaired) electrons. The Balaban J connectivity index is 1.99. The van der Waals surface area contributed by atoms with E-state index in [2.05, 4.69) is 39.6 Å². The number of nitrogens with one attached hydrogen (secondary N) is 1. The normalized spacial score (nSPS) is 19.3. The fourth-order valence-electron chi connectivity index (χ4n) is 3.12. The van der Waals surface area contributed by atoms with Crippen LogP contribution in [0.2, 0.25) is 0 Å². The van der Waals surface area contributed by atoms with Gasteiger partial charge in [-0.05, 0) is 65.5 Å². The highest BCUT2D eigenvalue weighted by Crippen LogP contribution is 2.30. The van der Waals surface area contributed by atoms with Gasteiger partial charge in [0.25, 0.3) is 0 Å².